The van der Waals surface area contributed by atoms with Crippen molar-refractivity contribution in [2.75, 3.05) is 7.11 Å². The standard InChI is InChI=1S/C8H12N2O3/c1-4(2)5-6(8(11)12)9-10-7(5)13-3/h4H,1-3H3,(H,9,10)(H,11,12). The van der Waals surface area contributed by atoms with E-state index in [-0.39, 0.29) is 11.6 Å². The van der Waals surface area contributed by atoms with E-state index >= 15 is 0 Å². The van der Waals surface area contributed by atoms with Crippen molar-refractivity contribution in [3.8, 4) is 5.88 Å². The molecule has 0 spiro atoms. The van der Waals surface area contributed by atoms with Gasteiger partial charge in [-0.25, -0.2) is 4.79 Å². The number of aromatic carboxylic acids is 1. The van der Waals surface area contributed by atoms with Crippen LogP contribution in [0.25, 0.3) is 0 Å². The first kappa shape index (κ1) is 9.57. The molecule has 0 aliphatic carbocycles. The highest BCUT2D eigenvalue weighted by Crippen LogP contribution is 2.26. The molecule has 0 radical (unpaired) electrons. The van der Waals surface area contributed by atoms with Crippen molar-refractivity contribution < 1.29 is 14.6 Å². The summed E-state index contributed by atoms with van der Waals surface area (Å²) in [4.78, 5) is 10.7. The Morgan fingerprint density at radius 2 is 2.23 bits per heavy atom. The predicted octanol–water partition coefficient (Wildman–Crippen LogP) is 1.24. The maximum Gasteiger partial charge on any atom is 0.354 e. The van der Waals surface area contributed by atoms with E-state index in [1.54, 1.807) is 0 Å². The van der Waals surface area contributed by atoms with Crippen LogP contribution in [0.1, 0.15) is 35.8 Å². The van der Waals surface area contributed by atoms with Gasteiger partial charge in [0.15, 0.2) is 5.69 Å². The fourth-order valence-electron chi connectivity index (χ4n) is 1.19. The maximum atomic E-state index is 10.7. The molecule has 5 nitrogen and oxygen atoms in total. The van der Waals surface area contributed by atoms with E-state index in [0.717, 1.165) is 0 Å². The van der Waals surface area contributed by atoms with Crippen LogP contribution in [-0.4, -0.2) is 28.4 Å². The zero-order chi connectivity index (χ0) is 10.0. The molecule has 0 saturated carbocycles. The SMILES string of the molecule is COc1n[nH]c(C(=O)O)c1C(C)C. The Bertz CT molecular complexity index is 317. The molecule has 1 rings (SSSR count). The van der Waals surface area contributed by atoms with E-state index in [1.807, 2.05) is 13.8 Å². The summed E-state index contributed by atoms with van der Waals surface area (Å²) in [7, 11) is 1.47. The topological polar surface area (TPSA) is 75.2 Å². The highest BCUT2D eigenvalue weighted by molar-refractivity contribution is 5.88. The summed E-state index contributed by atoms with van der Waals surface area (Å²) in [5.74, 6) is -0.591. The summed E-state index contributed by atoms with van der Waals surface area (Å²) in [5, 5.41) is 15.0. The minimum Gasteiger partial charge on any atom is -0.480 e. The fraction of sp³-hybridized carbons (Fsp3) is 0.500. The number of nitrogens with one attached hydrogen (secondary N) is 1. The Labute approximate surface area is 75.7 Å². The zero-order valence-corrected chi connectivity index (χ0v) is 7.79. The van der Waals surface area contributed by atoms with Crippen molar-refractivity contribution in [3.05, 3.63) is 11.3 Å². The molecule has 0 aliphatic heterocycles. The van der Waals surface area contributed by atoms with Crippen molar-refractivity contribution in [3.63, 3.8) is 0 Å². The molecular formula is C8H12N2O3. The van der Waals surface area contributed by atoms with Crippen LogP contribution in [0, 0.1) is 0 Å². The molecule has 0 atom stereocenters. The number of hydrogen-bond acceptors (Lipinski definition) is 3. The van der Waals surface area contributed by atoms with Gasteiger partial charge in [0.2, 0.25) is 5.88 Å². The normalized spacial score (nSPS) is 10.5. The molecule has 5 heteroatoms. The Kier molecular flexibility index (Phi) is 2.55. The molecule has 0 unspecified atom stereocenters. The van der Waals surface area contributed by atoms with Crippen LogP contribution in [-0.2, 0) is 0 Å². The number of carboxylic acids is 1. The van der Waals surface area contributed by atoms with Crippen LogP contribution in [0.2, 0.25) is 0 Å². The third-order valence-corrected chi connectivity index (χ3v) is 1.75. The first-order chi connectivity index (χ1) is 6.07. The van der Waals surface area contributed by atoms with Crippen LogP contribution in [0.4, 0.5) is 0 Å². The molecule has 0 bridgehead atoms. The average molecular weight is 184 g/mol. The molecule has 2 N–H and O–H groups in total. The summed E-state index contributed by atoms with van der Waals surface area (Å²) in [6, 6.07) is 0. The first-order valence-corrected chi connectivity index (χ1v) is 3.93. The number of aromatic nitrogens is 2. The number of carbonyl (C=O) groups is 1. The van der Waals surface area contributed by atoms with E-state index in [2.05, 4.69) is 10.2 Å². The zero-order valence-electron chi connectivity index (χ0n) is 7.79. The largest absolute Gasteiger partial charge is 0.480 e. The van der Waals surface area contributed by atoms with E-state index in [4.69, 9.17) is 9.84 Å². The summed E-state index contributed by atoms with van der Waals surface area (Å²) < 4.78 is 4.93. The maximum absolute atomic E-state index is 10.7. The summed E-state index contributed by atoms with van der Waals surface area (Å²) in [5.41, 5.74) is 0.710. The van der Waals surface area contributed by atoms with Crippen LogP contribution in [0.15, 0.2) is 0 Å². The lowest BCUT2D eigenvalue weighted by Crippen LogP contribution is -2.03. The Balaban J connectivity index is 3.22. The van der Waals surface area contributed by atoms with Gasteiger partial charge in [-0.3, -0.25) is 5.10 Å². The Morgan fingerprint density at radius 1 is 1.62 bits per heavy atom. The minimum atomic E-state index is -1.01. The second-order valence-corrected chi connectivity index (χ2v) is 2.98. The van der Waals surface area contributed by atoms with Crippen LogP contribution < -0.4 is 4.74 Å². The molecule has 13 heavy (non-hydrogen) atoms. The van der Waals surface area contributed by atoms with Gasteiger partial charge in [0.25, 0.3) is 0 Å². The number of ether oxygens (including phenoxy) is 1. The van der Waals surface area contributed by atoms with Crippen LogP contribution in [0.3, 0.4) is 0 Å². The van der Waals surface area contributed by atoms with Gasteiger partial charge >= 0.3 is 5.97 Å². The molecule has 0 fully saturated rings. The smallest absolute Gasteiger partial charge is 0.354 e. The van der Waals surface area contributed by atoms with Crippen molar-refractivity contribution in [1.29, 1.82) is 0 Å². The average Bonchev–Trinajstić information content (AvgIpc) is 2.46. The van der Waals surface area contributed by atoms with Crippen LogP contribution in [0.5, 0.6) is 5.88 Å². The van der Waals surface area contributed by atoms with Gasteiger partial charge in [0.05, 0.1) is 12.7 Å². The third-order valence-electron chi connectivity index (χ3n) is 1.75. The van der Waals surface area contributed by atoms with Gasteiger partial charge in [-0.15, -0.1) is 5.10 Å². The molecule has 0 saturated heterocycles. The van der Waals surface area contributed by atoms with Gasteiger partial charge < -0.3 is 9.84 Å². The van der Waals surface area contributed by atoms with E-state index in [9.17, 15) is 4.79 Å². The number of carboxylic acid groups (broad SMARTS) is 1. The lowest BCUT2D eigenvalue weighted by atomic mass is 10.0. The van der Waals surface area contributed by atoms with Crippen molar-refractivity contribution in [2.24, 2.45) is 0 Å². The Hall–Kier alpha value is -1.52. The van der Waals surface area contributed by atoms with Crippen molar-refractivity contribution >= 4 is 5.97 Å². The highest BCUT2D eigenvalue weighted by Gasteiger charge is 2.21. The lowest BCUT2D eigenvalue weighted by Gasteiger charge is -2.04. The number of aromatic amines is 1. The van der Waals surface area contributed by atoms with Crippen LogP contribution >= 0.6 is 0 Å². The molecule has 1 aromatic heterocycles. The Morgan fingerprint density at radius 3 is 2.62 bits per heavy atom. The second-order valence-electron chi connectivity index (χ2n) is 2.98. The lowest BCUT2D eigenvalue weighted by molar-refractivity contribution is 0.0688. The summed E-state index contributed by atoms with van der Waals surface area (Å²) in [6.45, 7) is 3.78. The second kappa shape index (κ2) is 3.47. The number of rotatable bonds is 3. The number of methoxy groups -OCH3 is 1. The van der Waals surface area contributed by atoms with E-state index in [1.165, 1.54) is 7.11 Å². The molecule has 1 heterocycles. The van der Waals surface area contributed by atoms with Crippen molar-refractivity contribution in [1.82, 2.24) is 10.2 Å². The molecule has 0 aliphatic rings. The summed E-state index contributed by atoms with van der Waals surface area (Å²) in [6.07, 6.45) is 0. The highest BCUT2D eigenvalue weighted by atomic mass is 16.5. The fourth-order valence-corrected chi connectivity index (χ4v) is 1.19. The molecule has 72 valence electrons. The van der Waals surface area contributed by atoms with Gasteiger partial charge in [-0.1, -0.05) is 13.8 Å². The summed E-state index contributed by atoms with van der Waals surface area (Å²) >= 11 is 0. The minimum absolute atomic E-state index is 0.0693. The van der Waals surface area contributed by atoms with Crippen molar-refractivity contribution in [2.45, 2.75) is 19.8 Å². The molecular weight excluding hydrogens is 172 g/mol. The van der Waals surface area contributed by atoms with Gasteiger partial charge in [-0.05, 0) is 5.92 Å². The monoisotopic (exact) mass is 184 g/mol. The number of nitrogens with zero attached hydrogens (tertiary/aromatic N) is 1. The third kappa shape index (κ3) is 1.63. The van der Waals surface area contributed by atoms with Gasteiger partial charge in [-0.2, -0.15) is 0 Å². The quantitative estimate of drug-likeness (QED) is 0.741. The molecule has 0 aromatic carbocycles. The first-order valence-electron chi connectivity index (χ1n) is 3.93. The van der Waals surface area contributed by atoms with Gasteiger partial charge in [0.1, 0.15) is 0 Å². The van der Waals surface area contributed by atoms with Gasteiger partial charge in [0, 0.05) is 0 Å². The van der Waals surface area contributed by atoms with E-state index < -0.39 is 5.97 Å². The predicted molar refractivity (Wildman–Crippen MR) is 46.2 cm³/mol. The molecule has 0 amide bonds. The van der Waals surface area contributed by atoms with E-state index in [0.29, 0.717) is 11.4 Å². The molecule has 1 aromatic rings. The number of H-pyrrole nitrogens is 1. The number of hydrogen-bond donors (Lipinski definition) is 2.